The smallest absolute Gasteiger partial charge is 0.305 e. The lowest BCUT2D eigenvalue weighted by molar-refractivity contribution is -0.143. The average Bonchev–Trinajstić information content (AvgIpc) is 3.46. The summed E-state index contributed by atoms with van der Waals surface area (Å²) in [6, 6.07) is -0.635. The van der Waals surface area contributed by atoms with Gasteiger partial charge in [-0.25, -0.2) is 0 Å². The molecule has 0 aromatic rings. The van der Waals surface area contributed by atoms with Gasteiger partial charge in [-0.05, 0) is 96.3 Å². The van der Waals surface area contributed by atoms with Gasteiger partial charge in [-0.3, -0.25) is 9.59 Å². The van der Waals surface area contributed by atoms with E-state index in [1.165, 1.54) is 289 Å². The molecule has 2 atom stereocenters. The summed E-state index contributed by atoms with van der Waals surface area (Å²) in [5.41, 5.74) is 0. The van der Waals surface area contributed by atoms with Gasteiger partial charge in [0.15, 0.2) is 0 Å². The highest BCUT2D eigenvalue weighted by Crippen LogP contribution is 2.18. The number of amides is 1. The van der Waals surface area contributed by atoms with Gasteiger partial charge >= 0.3 is 5.97 Å². The van der Waals surface area contributed by atoms with Crippen molar-refractivity contribution in [2.45, 2.75) is 386 Å². The first-order chi connectivity index (χ1) is 39.5. The summed E-state index contributed by atoms with van der Waals surface area (Å²) >= 11 is 0. The van der Waals surface area contributed by atoms with Gasteiger partial charge in [0.2, 0.25) is 5.91 Å². The summed E-state index contributed by atoms with van der Waals surface area (Å²) < 4.78 is 5.50. The van der Waals surface area contributed by atoms with E-state index in [1.54, 1.807) is 6.08 Å². The number of nitrogens with one attached hydrogen (secondary N) is 1. The number of ether oxygens (including phenoxy) is 1. The molecule has 2 unspecified atom stereocenters. The predicted octanol–water partition coefficient (Wildman–Crippen LogP) is 23.0. The lowest BCUT2D eigenvalue weighted by Crippen LogP contribution is -2.45. The van der Waals surface area contributed by atoms with Crippen LogP contribution in [-0.4, -0.2) is 47.4 Å². The van der Waals surface area contributed by atoms with Gasteiger partial charge in [-0.15, -0.1) is 0 Å². The van der Waals surface area contributed by atoms with Crippen LogP contribution in [0.5, 0.6) is 0 Å². The minimum atomic E-state index is -0.851. The van der Waals surface area contributed by atoms with E-state index in [0.29, 0.717) is 19.4 Å². The lowest BCUT2D eigenvalue weighted by atomic mass is 10.0. The SMILES string of the molecule is CCCCC/C=C\C/C=C\CCCCCCCCCCCC(=O)OCCCCCCCCCCC/C=C\C/C=C\CCCCCCCCCCCC(=O)NC(CO)C(O)/C=C/CCCCCCCCCCCCCCCCCCC. The summed E-state index contributed by atoms with van der Waals surface area (Å²) in [4.78, 5) is 24.6. The molecule has 0 aromatic heterocycles. The Morgan fingerprint density at radius 1 is 0.350 bits per heavy atom. The van der Waals surface area contributed by atoms with Crippen LogP contribution in [0.25, 0.3) is 0 Å². The number of aliphatic hydroxyl groups excluding tert-OH is 2. The summed E-state index contributed by atoms with van der Waals surface area (Å²) in [6.07, 6.45) is 91.5. The monoisotopic (exact) mass is 1120 g/mol. The predicted molar refractivity (Wildman–Crippen MR) is 352 cm³/mol. The van der Waals surface area contributed by atoms with Crippen LogP contribution in [0, 0.1) is 0 Å². The Hall–Kier alpha value is -2.44. The van der Waals surface area contributed by atoms with Crippen LogP contribution in [0.3, 0.4) is 0 Å². The Balaban J connectivity index is 3.45. The van der Waals surface area contributed by atoms with E-state index in [4.69, 9.17) is 4.74 Å². The first kappa shape index (κ1) is 77.6. The Morgan fingerprint density at radius 3 is 0.975 bits per heavy atom. The van der Waals surface area contributed by atoms with Gasteiger partial charge in [0, 0.05) is 12.8 Å². The molecule has 0 bridgehead atoms. The first-order valence-electron chi connectivity index (χ1n) is 35.6. The number of rotatable bonds is 66. The van der Waals surface area contributed by atoms with Crippen LogP contribution in [0.4, 0.5) is 0 Å². The third-order valence-electron chi connectivity index (χ3n) is 16.3. The largest absolute Gasteiger partial charge is 0.466 e. The first-order valence-corrected chi connectivity index (χ1v) is 35.6. The van der Waals surface area contributed by atoms with Gasteiger partial charge in [-0.1, -0.05) is 325 Å². The van der Waals surface area contributed by atoms with Crippen LogP contribution in [0.1, 0.15) is 373 Å². The zero-order chi connectivity index (χ0) is 57.8. The Labute approximate surface area is 499 Å². The number of hydrogen-bond acceptors (Lipinski definition) is 5. The standard InChI is InChI=1S/C74H137NO5/c1-3-5-7-9-11-13-15-17-19-21-30-34-38-42-46-50-54-58-62-66-72(77)71(70-76)75-73(78)67-63-59-55-51-47-43-39-35-32-28-26-24-23-25-27-29-33-37-41-45-49-53-57-61-65-69-80-74(79)68-64-60-56-52-48-44-40-36-31-22-20-18-16-14-12-10-8-6-4-2/h12,14,18,20,24-27,62,66,71-72,76-77H,3-11,13,15-17,19,21-23,28-61,63-65,67-70H2,1-2H3,(H,75,78)/b14-12-,20-18-,26-24-,27-25-,66-62+. The number of unbranched alkanes of at least 4 members (excludes halogenated alkanes) is 47. The molecule has 1 amide bonds. The zero-order valence-electron chi connectivity index (χ0n) is 53.6. The molecule has 3 N–H and O–H groups in total. The number of carbonyl (C=O) groups is 2. The topological polar surface area (TPSA) is 95.9 Å². The summed E-state index contributed by atoms with van der Waals surface area (Å²) in [5, 5.41) is 23.2. The third kappa shape index (κ3) is 64.7. The molecule has 468 valence electrons. The number of aliphatic hydroxyl groups is 2. The average molecular weight is 1120 g/mol. The Morgan fingerprint density at radius 2 is 0.625 bits per heavy atom. The van der Waals surface area contributed by atoms with Crippen LogP contribution in [0.2, 0.25) is 0 Å². The molecule has 0 aliphatic heterocycles. The van der Waals surface area contributed by atoms with Gasteiger partial charge in [-0.2, -0.15) is 0 Å². The molecular weight excluding hydrogens is 983 g/mol. The van der Waals surface area contributed by atoms with E-state index >= 15 is 0 Å². The maximum atomic E-state index is 12.5. The molecule has 6 nitrogen and oxygen atoms in total. The maximum Gasteiger partial charge on any atom is 0.305 e. The van der Waals surface area contributed by atoms with Crippen molar-refractivity contribution in [3.63, 3.8) is 0 Å². The second-order valence-corrected chi connectivity index (χ2v) is 24.2. The van der Waals surface area contributed by atoms with E-state index in [9.17, 15) is 19.8 Å². The van der Waals surface area contributed by atoms with Crippen molar-refractivity contribution < 1.29 is 24.5 Å². The number of carbonyl (C=O) groups excluding carboxylic acids is 2. The molecule has 0 aliphatic rings. The molecule has 0 aliphatic carbocycles. The maximum absolute atomic E-state index is 12.5. The number of hydrogen-bond donors (Lipinski definition) is 3. The van der Waals surface area contributed by atoms with E-state index in [2.05, 4.69) is 67.8 Å². The molecule has 6 heteroatoms. The van der Waals surface area contributed by atoms with Gasteiger partial charge < -0.3 is 20.3 Å². The number of esters is 1. The summed E-state index contributed by atoms with van der Waals surface area (Å²) in [7, 11) is 0. The fraction of sp³-hybridized carbons (Fsp3) is 0.838. The molecule has 80 heavy (non-hydrogen) atoms. The highest BCUT2D eigenvalue weighted by Gasteiger charge is 2.18. The fourth-order valence-corrected chi connectivity index (χ4v) is 10.8. The van der Waals surface area contributed by atoms with Crippen molar-refractivity contribution in [2.75, 3.05) is 13.2 Å². The fourth-order valence-electron chi connectivity index (χ4n) is 10.8. The molecule has 0 radical (unpaired) electrons. The highest BCUT2D eigenvalue weighted by molar-refractivity contribution is 5.76. The van der Waals surface area contributed by atoms with Gasteiger partial charge in [0.05, 0.1) is 25.4 Å². The number of allylic oxidation sites excluding steroid dienone is 9. The Bertz CT molecular complexity index is 1380. The molecular formula is C74H137NO5. The molecule has 0 fully saturated rings. The second-order valence-electron chi connectivity index (χ2n) is 24.2. The minimum Gasteiger partial charge on any atom is -0.466 e. The van der Waals surface area contributed by atoms with Crippen LogP contribution < -0.4 is 5.32 Å². The van der Waals surface area contributed by atoms with Crippen molar-refractivity contribution in [3.8, 4) is 0 Å². The van der Waals surface area contributed by atoms with Crippen molar-refractivity contribution in [2.24, 2.45) is 0 Å². The molecule has 0 heterocycles. The molecule has 0 saturated carbocycles. The van der Waals surface area contributed by atoms with E-state index in [0.717, 1.165) is 57.8 Å². The van der Waals surface area contributed by atoms with Gasteiger partial charge in [0.25, 0.3) is 0 Å². The lowest BCUT2D eigenvalue weighted by Gasteiger charge is -2.20. The molecule has 0 rings (SSSR count). The Kier molecular flexibility index (Phi) is 66.9. The van der Waals surface area contributed by atoms with E-state index < -0.39 is 12.1 Å². The zero-order valence-corrected chi connectivity index (χ0v) is 53.6. The minimum absolute atomic E-state index is 0.00476. The molecule has 0 saturated heterocycles. The third-order valence-corrected chi connectivity index (χ3v) is 16.3. The summed E-state index contributed by atoms with van der Waals surface area (Å²) in [5.74, 6) is -0.0672. The van der Waals surface area contributed by atoms with Crippen LogP contribution >= 0.6 is 0 Å². The van der Waals surface area contributed by atoms with Crippen molar-refractivity contribution >= 4 is 11.9 Å². The molecule has 0 aromatic carbocycles. The summed E-state index contributed by atoms with van der Waals surface area (Å²) in [6.45, 7) is 4.90. The van der Waals surface area contributed by atoms with Crippen molar-refractivity contribution in [1.82, 2.24) is 5.32 Å². The van der Waals surface area contributed by atoms with Gasteiger partial charge in [0.1, 0.15) is 0 Å². The quantitative estimate of drug-likeness (QED) is 0.0320. The normalized spacial score (nSPS) is 12.9. The highest BCUT2D eigenvalue weighted by atomic mass is 16.5. The second kappa shape index (κ2) is 69.1. The van der Waals surface area contributed by atoms with Crippen LogP contribution in [-0.2, 0) is 14.3 Å². The van der Waals surface area contributed by atoms with Crippen molar-refractivity contribution in [1.29, 1.82) is 0 Å². The van der Waals surface area contributed by atoms with Crippen molar-refractivity contribution in [3.05, 3.63) is 60.8 Å². The van der Waals surface area contributed by atoms with E-state index in [-0.39, 0.29) is 18.5 Å². The van der Waals surface area contributed by atoms with E-state index in [1.807, 2.05) is 6.08 Å². The van der Waals surface area contributed by atoms with Crippen LogP contribution in [0.15, 0.2) is 60.8 Å². The molecule has 0 spiro atoms.